The molecule has 4 N–H and O–H groups in total. The normalized spacial score (nSPS) is 11.5. The largest absolute Gasteiger partial charge is 0.382 e. The lowest BCUT2D eigenvalue weighted by molar-refractivity contribution is 0.0946. The van der Waals surface area contributed by atoms with Crippen molar-refractivity contribution in [3.8, 4) is 0 Å². The SMILES string of the molecule is Cc1[nH]nc(N)c1C(=O)NCC(C)(C)c1cccs1. The predicted molar refractivity (Wildman–Crippen MR) is 77.4 cm³/mol. The summed E-state index contributed by atoms with van der Waals surface area (Å²) in [5.41, 5.74) is 6.69. The van der Waals surface area contributed by atoms with Crippen LogP contribution in [-0.2, 0) is 5.41 Å². The van der Waals surface area contributed by atoms with Crippen molar-refractivity contribution in [1.82, 2.24) is 15.5 Å². The van der Waals surface area contributed by atoms with Crippen molar-refractivity contribution in [2.75, 3.05) is 12.3 Å². The highest BCUT2D eigenvalue weighted by Gasteiger charge is 2.24. The fraction of sp³-hybridized carbons (Fsp3) is 0.385. The van der Waals surface area contributed by atoms with Crippen molar-refractivity contribution in [2.45, 2.75) is 26.2 Å². The fourth-order valence-electron chi connectivity index (χ4n) is 1.88. The van der Waals surface area contributed by atoms with E-state index in [2.05, 4.69) is 35.4 Å². The summed E-state index contributed by atoms with van der Waals surface area (Å²) in [6.07, 6.45) is 0. The van der Waals surface area contributed by atoms with E-state index in [1.54, 1.807) is 18.3 Å². The van der Waals surface area contributed by atoms with Crippen molar-refractivity contribution < 1.29 is 4.79 Å². The zero-order valence-electron chi connectivity index (χ0n) is 11.3. The van der Waals surface area contributed by atoms with E-state index >= 15 is 0 Å². The molecule has 102 valence electrons. The summed E-state index contributed by atoms with van der Waals surface area (Å²) in [7, 11) is 0. The van der Waals surface area contributed by atoms with Gasteiger partial charge in [0.05, 0.1) is 0 Å². The number of hydrogen-bond acceptors (Lipinski definition) is 4. The number of aryl methyl sites for hydroxylation is 1. The molecule has 0 radical (unpaired) electrons. The van der Waals surface area contributed by atoms with Gasteiger partial charge in [-0.25, -0.2) is 0 Å². The summed E-state index contributed by atoms with van der Waals surface area (Å²) in [5, 5.41) is 11.5. The topological polar surface area (TPSA) is 83.8 Å². The number of thiophene rings is 1. The van der Waals surface area contributed by atoms with Crippen LogP contribution >= 0.6 is 11.3 Å². The molecule has 6 heteroatoms. The summed E-state index contributed by atoms with van der Waals surface area (Å²) in [6, 6.07) is 4.09. The van der Waals surface area contributed by atoms with Crippen molar-refractivity contribution in [2.24, 2.45) is 0 Å². The third-order valence-electron chi connectivity index (χ3n) is 3.08. The fourth-order valence-corrected chi connectivity index (χ4v) is 2.73. The van der Waals surface area contributed by atoms with Crippen LogP contribution in [0.3, 0.4) is 0 Å². The number of carbonyl (C=O) groups excluding carboxylic acids is 1. The minimum Gasteiger partial charge on any atom is -0.382 e. The van der Waals surface area contributed by atoms with E-state index in [1.807, 2.05) is 11.4 Å². The van der Waals surface area contributed by atoms with E-state index < -0.39 is 0 Å². The molecule has 0 atom stereocenters. The van der Waals surface area contributed by atoms with Gasteiger partial charge in [-0.1, -0.05) is 19.9 Å². The first-order chi connectivity index (χ1) is 8.92. The number of nitrogens with zero attached hydrogens (tertiary/aromatic N) is 1. The Morgan fingerprint density at radius 2 is 2.32 bits per heavy atom. The maximum Gasteiger partial charge on any atom is 0.256 e. The minimum absolute atomic E-state index is 0.101. The van der Waals surface area contributed by atoms with Crippen LogP contribution in [-0.4, -0.2) is 22.6 Å². The zero-order chi connectivity index (χ0) is 14.0. The number of hydrogen-bond donors (Lipinski definition) is 3. The number of aromatic amines is 1. The maximum absolute atomic E-state index is 12.1. The van der Waals surface area contributed by atoms with Gasteiger partial charge in [0.1, 0.15) is 5.56 Å². The average molecular weight is 278 g/mol. The van der Waals surface area contributed by atoms with Crippen LogP contribution in [0.4, 0.5) is 5.82 Å². The molecule has 2 heterocycles. The van der Waals surface area contributed by atoms with Crippen molar-refractivity contribution in [3.63, 3.8) is 0 Å². The Hall–Kier alpha value is -1.82. The van der Waals surface area contributed by atoms with E-state index in [1.165, 1.54) is 4.88 Å². The van der Waals surface area contributed by atoms with E-state index in [4.69, 9.17) is 5.73 Å². The minimum atomic E-state index is -0.187. The first kappa shape index (κ1) is 13.6. The molecule has 19 heavy (non-hydrogen) atoms. The Balaban J connectivity index is 2.05. The average Bonchev–Trinajstić information content (AvgIpc) is 2.97. The Kier molecular flexibility index (Phi) is 3.61. The van der Waals surface area contributed by atoms with Crippen LogP contribution in [0.2, 0.25) is 0 Å². The number of nitrogens with two attached hydrogens (primary N) is 1. The lowest BCUT2D eigenvalue weighted by Crippen LogP contribution is -2.36. The van der Waals surface area contributed by atoms with Gasteiger partial charge >= 0.3 is 0 Å². The highest BCUT2D eigenvalue weighted by Crippen LogP contribution is 2.26. The molecule has 0 spiro atoms. The first-order valence-electron chi connectivity index (χ1n) is 6.04. The second-order valence-electron chi connectivity index (χ2n) is 5.15. The van der Waals surface area contributed by atoms with Crippen LogP contribution in [0.1, 0.15) is 34.8 Å². The molecule has 0 aliphatic carbocycles. The smallest absolute Gasteiger partial charge is 0.256 e. The molecule has 0 aliphatic heterocycles. The number of H-pyrrole nitrogens is 1. The standard InChI is InChI=1S/C13H18N4OS/c1-8-10(11(14)17-16-8)12(18)15-7-13(2,3)9-5-4-6-19-9/h4-6H,7H2,1-3H3,(H,15,18)(H3,14,16,17). The second-order valence-corrected chi connectivity index (χ2v) is 6.10. The predicted octanol–water partition coefficient (Wildman–Crippen LogP) is 2.07. The summed E-state index contributed by atoms with van der Waals surface area (Å²) >= 11 is 1.69. The van der Waals surface area contributed by atoms with Crippen molar-refractivity contribution in [3.05, 3.63) is 33.6 Å². The third kappa shape index (κ3) is 2.78. The lowest BCUT2D eigenvalue weighted by atomic mass is 9.91. The van der Waals surface area contributed by atoms with Gasteiger partial charge in [-0.05, 0) is 18.4 Å². The second kappa shape index (κ2) is 5.05. The molecule has 0 bridgehead atoms. The molecule has 2 aromatic heterocycles. The maximum atomic E-state index is 12.1. The molecule has 0 saturated carbocycles. The summed E-state index contributed by atoms with van der Waals surface area (Å²) in [4.78, 5) is 13.4. The van der Waals surface area contributed by atoms with Crippen LogP contribution in [0.15, 0.2) is 17.5 Å². The van der Waals surface area contributed by atoms with E-state index in [0.29, 0.717) is 17.8 Å². The number of rotatable bonds is 4. The van der Waals surface area contributed by atoms with Gasteiger partial charge in [0.15, 0.2) is 5.82 Å². The molecule has 0 aliphatic rings. The van der Waals surface area contributed by atoms with E-state index in [-0.39, 0.29) is 17.1 Å². The van der Waals surface area contributed by atoms with Gasteiger partial charge in [0, 0.05) is 22.5 Å². The van der Waals surface area contributed by atoms with Crippen LogP contribution in [0.25, 0.3) is 0 Å². The molecule has 5 nitrogen and oxygen atoms in total. The molecule has 2 aromatic rings. The third-order valence-corrected chi connectivity index (χ3v) is 4.32. The van der Waals surface area contributed by atoms with E-state index in [9.17, 15) is 4.79 Å². The number of nitrogen functional groups attached to an aromatic ring is 1. The summed E-state index contributed by atoms with van der Waals surface area (Å²) < 4.78 is 0. The molecule has 1 amide bonds. The lowest BCUT2D eigenvalue weighted by Gasteiger charge is -2.23. The Labute approximate surface area is 116 Å². The number of aromatic nitrogens is 2. The first-order valence-corrected chi connectivity index (χ1v) is 6.92. The van der Waals surface area contributed by atoms with Gasteiger partial charge in [-0.2, -0.15) is 5.10 Å². The zero-order valence-corrected chi connectivity index (χ0v) is 12.1. The molecule has 0 fully saturated rings. The highest BCUT2D eigenvalue weighted by atomic mass is 32.1. The van der Waals surface area contributed by atoms with Crippen LogP contribution < -0.4 is 11.1 Å². The van der Waals surface area contributed by atoms with Gasteiger partial charge in [0.25, 0.3) is 5.91 Å². The van der Waals surface area contributed by atoms with Gasteiger partial charge in [-0.15, -0.1) is 11.3 Å². The molecular formula is C13H18N4OS. The summed E-state index contributed by atoms with van der Waals surface area (Å²) in [5.74, 6) is 0.0531. The number of anilines is 1. The number of amides is 1. The van der Waals surface area contributed by atoms with Crippen molar-refractivity contribution >= 4 is 23.1 Å². The Bertz CT molecular complexity index is 552. The van der Waals surface area contributed by atoms with Gasteiger partial charge < -0.3 is 11.1 Å². The van der Waals surface area contributed by atoms with Crippen LogP contribution in [0.5, 0.6) is 0 Å². The van der Waals surface area contributed by atoms with Crippen molar-refractivity contribution in [1.29, 1.82) is 0 Å². The molecule has 0 saturated heterocycles. The quantitative estimate of drug-likeness (QED) is 0.800. The van der Waals surface area contributed by atoms with Gasteiger partial charge in [0.2, 0.25) is 0 Å². The number of nitrogens with one attached hydrogen (secondary N) is 2. The Morgan fingerprint density at radius 1 is 1.58 bits per heavy atom. The Morgan fingerprint density at radius 3 is 2.84 bits per heavy atom. The van der Waals surface area contributed by atoms with E-state index in [0.717, 1.165) is 0 Å². The number of carbonyl (C=O) groups is 1. The van der Waals surface area contributed by atoms with Gasteiger partial charge in [-0.3, -0.25) is 9.89 Å². The summed E-state index contributed by atoms with van der Waals surface area (Å²) in [6.45, 7) is 6.54. The van der Waals surface area contributed by atoms with Crippen LogP contribution in [0, 0.1) is 6.92 Å². The monoisotopic (exact) mass is 278 g/mol. The molecular weight excluding hydrogens is 260 g/mol. The molecule has 0 aromatic carbocycles. The molecule has 0 unspecified atom stereocenters. The highest BCUT2D eigenvalue weighted by molar-refractivity contribution is 7.10. The molecule has 2 rings (SSSR count).